The lowest BCUT2D eigenvalue weighted by Gasteiger charge is -2.12. The van der Waals surface area contributed by atoms with Crippen molar-refractivity contribution in [2.24, 2.45) is 4.99 Å². The van der Waals surface area contributed by atoms with Crippen molar-refractivity contribution < 1.29 is 4.52 Å². The molecule has 2 N–H and O–H groups in total. The molecule has 0 fully saturated rings. The van der Waals surface area contributed by atoms with Gasteiger partial charge in [-0.25, -0.2) is 4.98 Å². The molecule has 0 aliphatic heterocycles. The predicted octanol–water partition coefficient (Wildman–Crippen LogP) is 2.01. The van der Waals surface area contributed by atoms with Crippen LogP contribution in [0.1, 0.15) is 17.0 Å². The average Bonchev–Trinajstić information content (AvgIpc) is 3.15. The van der Waals surface area contributed by atoms with Gasteiger partial charge in [0, 0.05) is 32.2 Å². The molecule has 0 aliphatic carbocycles. The number of hydrogen-bond donors (Lipinski definition) is 2. The largest absolute Gasteiger partial charge is 0.361 e. The van der Waals surface area contributed by atoms with E-state index in [1.807, 2.05) is 38.4 Å². The van der Waals surface area contributed by atoms with Gasteiger partial charge in [0.05, 0.1) is 23.1 Å². The van der Waals surface area contributed by atoms with Gasteiger partial charge >= 0.3 is 0 Å². The Balaban J connectivity index is 1.53. The second kappa shape index (κ2) is 7.16. The molecule has 0 unspecified atom stereocenters. The van der Waals surface area contributed by atoms with Crippen LogP contribution in [0.4, 0.5) is 0 Å². The number of nitrogens with zero attached hydrogens (tertiary/aromatic N) is 4. The fourth-order valence-corrected chi connectivity index (χ4v) is 2.63. The van der Waals surface area contributed by atoms with Gasteiger partial charge in [0.1, 0.15) is 5.76 Å². The minimum absolute atomic E-state index is 0.634. The molecule has 0 bridgehead atoms. The van der Waals surface area contributed by atoms with Crippen LogP contribution in [-0.2, 0) is 13.1 Å². The second-order valence-electron chi connectivity index (χ2n) is 5.58. The second-order valence-corrected chi connectivity index (χ2v) is 5.58. The Kier molecular flexibility index (Phi) is 4.79. The fourth-order valence-electron chi connectivity index (χ4n) is 2.63. The van der Waals surface area contributed by atoms with Gasteiger partial charge in [0.25, 0.3) is 0 Å². The maximum absolute atomic E-state index is 5.17. The van der Waals surface area contributed by atoms with E-state index < -0.39 is 0 Å². The van der Waals surface area contributed by atoms with Gasteiger partial charge in [-0.3, -0.25) is 4.99 Å². The number of guanidine groups is 1. The van der Waals surface area contributed by atoms with E-state index >= 15 is 0 Å². The molecule has 0 saturated carbocycles. The number of nitrogens with one attached hydrogen (secondary N) is 2. The van der Waals surface area contributed by atoms with Crippen LogP contribution in [0.25, 0.3) is 11.0 Å². The number of rotatable bonds is 5. The number of fused-ring (bicyclic) bond motifs is 1. The highest BCUT2D eigenvalue weighted by Crippen LogP contribution is 2.12. The molecule has 126 valence electrons. The summed E-state index contributed by atoms with van der Waals surface area (Å²) >= 11 is 0. The normalized spacial score (nSPS) is 11.9. The summed E-state index contributed by atoms with van der Waals surface area (Å²) in [6.07, 6.45) is 1.87. The van der Waals surface area contributed by atoms with Gasteiger partial charge in [-0.15, -0.1) is 0 Å². The van der Waals surface area contributed by atoms with Crippen molar-refractivity contribution in [3.05, 3.63) is 47.6 Å². The van der Waals surface area contributed by atoms with Gasteiger partial charge in [0.2, 0.25) is 0 Å². The molecule has 0 radical (unpaired) electrons. The summed E-state index contributed by atoms with van der Waals surface area (Å²) in [5.74, 6) is 1.58. The maximum atomic E-state index is 5.17. The zero-order valence-electron chi connectivity index (χ0n) is 14.2. The van der Waals surface area contributed by atoms with E-state index in [9.17, 15) is 0 Å². The first-order valence-electron chi connectivity index (χ1n) is 7.95. The Bertz CT molecular complexity index is 828. The fraction of sp³-hybridized carbons (Fsp3) is 0.353. The molecule has 0 amide bonds. The number of aryl methyl sites for hydroxylation is 2. The van der Waals surface area contributed by atoms with Gasteiger partial charge < -0.3 is 19.7 Å². The summed E-state index contributed by atoms with van der Waals surface area (Å²) in [7, 11) is 1.76. The van der Waals surface area contributed by atoms with Crippen LogP contribution in [0.5, 0.6) is 0 Å². The molecule has 7 heteroatoms. The molecule has 3 rings (SSSR count). The zero-order chi connectivity index (χ0) is 16.9. The Morgan fingerprint density at radius 2 is 2.08 bits per heavy atom. The topological polar surface area (TPSA) is 80.3 Å². The SMILES string of the molecule is CN=C(NCCn1cnc2ccccc21)NCc1c(C)noc1C. The molecule has 2 aromatic heterocycles. The molecule has 0 atom stereocenters. The molecule has 0 saturated heterocycles. The molecule has 0 aliphatic rings. The minimum atomic E-state index is 0.634. The van der Waals surface area contributed by atoms with E-state index in [1.165, 1.54) is 0 Å². The lowest BCUT2D eigenvalue weighted by molar-refractivity contribution is 0.392. The monoisotopic (exact) mass is 326 g/mol. The highest BCUT2D eigenvalue weighted by atomic mass is 16.5. The van der Waals surface area contributed by atoms with Gasteiger partial charge in [-0.2, -0.15) is 0 Å². The smallest absolute Gasteiger partial charge is 0.191 e. The maximum Gasteiger partial charge on any atom is 0.191 e. The number of para-hydroxylation sites is 2. The van der Waals surface area contributed by atoms with Gasteiger partial charge in [-0.1, -0.05) is 17.3 Å². The predicted molar refractivity (Wildman–Crippen MR) is 93.9 cm³/mol. The molecular weight excluding hydrogens is 304 g/mol. The third-order valence-electron chi connectivity index (χ3n) is 4.01. The van der Waals surface area contributed by atoms with E-state index in [-0.39, 0.29) is 0 Å². The van der Waals surface area contributed by atoms with Gasteiger partial charge in [0.15, 0.2) is 5.96 Å². The summed E-state index contributed by atoms with van der Waals surface area (Å²) in [5.41, 5.74) is 4.12. The first-order chi connectivity index (χ1) is 11.7. The molecule has 0 spiro atoms. The molecule has 24 heavy (non-hydrogen) atoms. The quantitative estimate of drug-likeness (QED) is 0.554. The lowest BCUT2D eigenvalue weighted by atomic mass is 10.2. The van der Waals surface area contributed by atoms with E-state index in [2.05, 4.69) is 36.4 Å². The number of benzene rings is 1. The van der Waals surface area contributed by atoms with Crippen LogP contribution in [0.3, 0.4) is 0 Å². The van der Waals surface area contributed by atoms with E-state index in [0.717, 1.165) is 47.1 Å². The van der Waals surface area contributed by atoms with Crippen molar-refractivity contribution in [3.63, 3.8) is 0 Å². The highest BCUT2D eigenvalue weighted by Gasteiger charge is 2.09. The van der Waals surface area contributed by atoms with Crippen molar-refractivity contribution in [2.75, 3.05) is 13.6 Å². The summed E-state index contributed by atoms with van der Waals surface area (Å²) in [4.78, 5) is 8.64. The first kappa shape index (κ1) is 16.0. The Labute approximate surface area is 140 Å². The average molecular weight is 326 g/mol. The summed E-state index contributed by atoms with van der Waals surface area (Å²) in [6, 6.07) is 8.12. The molecular formula is C17H22N6O. The van der Waals surface area contributed by atoms with Crippen LogP contribution >= 0.6 is 0 Å². The van der Waals surface area contributed by atoms with E-state index in [4.69, 9.17) is 4.52 Å². The zero-order valence-corrected chi connectivity index (χ0v) is 14.2. The number of aliphatic imine (C=N–C) groups is 1. The van der Waals surface area contributed by atoms with Crippen molar-refractivity contribution in [2.45, 2.75) is 26.9 Å². The standard InChI is InChI=1S/C17H22N6O/c1-12-14(13(2)24-22-12)10-20-17(18-3)19-8-9-23-11-21-15-6-4-5-7-16(15)23/h4-7,11H,8-10H2,1-3H3,(H2,18,19,20). The third-order valence-corrected chi connectivity index (χ3v) is 4.01. The van der Waals surface area contributed by atoms with Crippen LogP contribution in [0.15, 0.2) is 40.1 Å². The highest BCUT2D eigenvalue weighted by molar-refractivity contribution is 5.79. The van der Waals surface area contributed by atoms with Crippen molar-refractivity contribution in [3.8, 4) is 0 Å². The number of hydrogen-bond acceptors (Lipinski definition) is 4. The number of imidazole rings is 1. The van der Waals surface area contributed by atoms with Crippen molar-refractivity contribution in [1.29, 1.82) is 0 Å². The van der Waals surface area contributed by atoms with E-state index in [1.54, 1.807) is 7.05 Å². The first-order valence-corrected chi connectivity index (χ1v) is 7.95. The van der Waals surface area contributed by atoms with Crippen LogP contribution in [0.2, 0.25) is 0 Å². The molecule has 7 nitrogen and oxygen atoms in total. The van der Waals surface area contributed by atoms with Crippen LogP contribution in [-0.4, -0.2) is 34.3 Å². The van der Waals surface area contributed by atoms with Crippen molar-refractivity contribution >= 4 is 17.0 Å². The lowest BCUT2D eigenvalue weighted by Crippen LogP contribution is -2.38. The molecule has 2 heterocycles. The van der Waals surface area contributed by atoms with Gasteiger partial charge in [-0.05, 0) is 26.0 Å². The molecule has 1 aromatic carbocycles. The van der Waals surface area contributed by atoms with Crippen LogP contribution in [0, 0.1) is 13.8 Å². The van der Waals surface area contributed by atoms with E-state index in [0.29, 0.717) is 6.54 Å². The minimum Gasteiger partial charge on any atom is -0.361 e. The molecule has 3 aromatic rings. The third kappa shape index (κ3) is 3.40. The summed E-state index contributed by atoms with van der Waals surface area (Å²) in [5, 5.41) is 10.6. The van der Waals surface area contributed by atoms with Crippen molar-refractivity contribution in [1.82, 2.24) is 25.3 Å². The summed E-state index contributed by atoms with van der Waals surface area (Å²) < 4.78 is 7.30. The Morgan fingerprint density at radius 3 is 2.83 bits per heavy atom. The number of aromatic nitrogens is 3. The Morgan fingerprint density at radius 1 is 1.25 bits per heavy atom. The summed E-state index contributed by atoms with van der Waals surface area (Å²) in [6.45, 7) is 6.05. The Hall–Kier alpha value is -2.83. The van der Waals surface area contributed by atoms with Crippen LogP contribution < -0.4 is 10.6 Å².